The van der Waals surface area contributed by atoms with Crippen molar-refractivity contribution < 1.29 is 18.0 Å². The van der Waals surface area contributed by atoms with Gasteiger partial charge >= 0.3 is 0 Å². The molecule has 0 fully saturated rings. The third-order valence-corrected chi connectivity index (χ3v) is 7.14. The maximum absolute atomic E-state index is 13.3. The number of anilines is 1. The molecule has 0 aromatic heterocycles. The lowest BCUT2D eigenvalue weighted by molar-refractivity contribution is -0.140. The second kappa shape index (κ2) is 13.5. The van der Waals surface area contributed by atoms with Gasteiger partial charge in [0.25, 0.3) is 0 Å². The van der Waals surface area contributed by atoms with Crippen LogP contribution in [0.4, 0.5) is 5.69 Å². The van der Waals surface area contributed by atoms with E-state index in [1.54, 1.807) is 37.3 Å². The van der Waals surface area contributed by atoms with Crippen LogP contribution in [0, 0.1) is 6.92 Å². The highest BCUT2D eigenvalue weighted by atomic mass is 35.5. The van der Waals surface area contributed by atoms with E-state index in [-0.39, 0.29) is 31.3 Å². The molecule has 2 aromatic carbocycles. The van der Waals surface area contributed by atoms with Gasteiger partial charge in [0.05, 0.1) is 11.9 Å². The zero-order chi connectivity index (χ0) is 26.0. The van der Waals surface area contributed by atoms with Gasteiger partial charge in [0.15, 0.2) is 0 Å². The van der Waals surface area contributed by atoms with Crippen molar-refractivity contribution in [2.45, 2.75) is 59.0 Å². The zero-order valence-electron chi connectivity index (χ0n) is 21.0. The average molecular weight is 522 g/mol. The molecular formula is C26H36ClN3O4S. The first kappa shape index (κ1) is 28.7. The molecule has 0 spiro atoms. The maximum atomic E-state index is 13.3. The molecule has 0 aliphatic rings. The van der Waals surface area contributed by atoms with E-state index in [0.717, 1.165) is 30.2 Å². The summed E-state index contributed by atoms with van der Waals surface area (Å²) in [5.74, 6) is -0.438. The van der Waals surface area contributed by atoms with E-state index < -0.39 is 16.1 Å². The standard InChI is InChI=1S/C26H36ClN3O4S/c1-5-6-16-28-26(32)21(3)29(19-22-9-7-10-23(27)18-22)25(31)11-8-17-30(35(4,33)34)24-14-12-20(2)13-15-24/h7,9-10,12-15,18,21H,5-6,8,11,16-17,19H2,1-4H3,(H,28,32)/t21-/m0/s1. The topological polar surface area (TPSA) is 86.8 Å². The van der Waals surface area contributed by atoms with Crippen molar-refractivity contribution in [3.63, 3.8) is 0 Å². The van der Waals surface area contributed by atoms with Gasteiger partial charge < -0.3 is 10.2 Å². The number of rotatable bonds is 13. The summed E-state index contributed by atoms with van der Waals surface area (Å²) in [6.07, 6.45) is 3.39. The van der Waals surface area contributed by atoms with Crippen LogP contribution in [0.25, 0.3) is 0 Å². The monoisotopic (exact) mass is 521 g/mol. The molecule has 1 atom stereocenters. The molecule has 0 saturated carbocycles. The molecule has 0 unspecified atom stereocenters. The molecule has 2 aromatic rings. The van der Waals surface area contributed by atoms with Gasteiger partial charge in [-0.1, -0.05) is 54.8 Å². The van der Waals surface area contributed by atoms with E-state index >= 15 is 0 Å². The fourth-order valence-corrected chi connectivity index (χ4v) is 4.84. The van der Waals surface area contributed by atoms with Gasteiger partial charge in [-0.25, -0.2) is 8.42 Å². The third kappa shape index (κ3) is 9.18. The van der Waals surface area contributed by atoms with Crippen LogP contribution in [0.15, 0.2) is 48.5 Å². The van der Waals surface area contributed by atoms with Crippen molar-refractivity contribution in [3.05, 3.63) is 64.7 Å². The number of amides is 2. The molecule has 0 heterocycles. The third-order valence-electron chi connectivity index (χ3n) is 5.71. The van der Waals surface area contributed by atoms with Crippen molar-refractivity contribution in [3.8, 4) is 0 Å². The first-order chi connectivity index (χ1) is 16.5. The Morgan fingerprint density at radius 1 is 1.09 bits per heavy atom. The van der Waals surface area contributed by atoms with Gasteiger partial charge in [0.1, 0.15) is 6.04 Å². The van der Waals surface area contributed by atoms with Gasteiger partial charge in [0.2, 0.25) is 21.8 Å². The van der Waals surface area contributed by atoms with Crippen LogP contribution in [-0.4, -0.2) is 50.5 Å². The minimum atomic E-state index is -3.52. The predicted molar refractivity (Wildman–Crippen MR) is 142 cm³/mol. The highest BCUT2D eigenvalue weighted by molar-refractivity contribution is 7.92. The predicted octanol–water partition coefficient (Wildman–Crippen LogP) is 4.53. The van der Waals surface area contributed by atoms with E-state index in [9.17, 15) is 18.0 Å². The lowest BCUT2D eigenvalue weighted by Gasteiger charge is -2.29. The van der Waals surface area contributed by atoms with Gasteiger partial charge in [-0.2, -0.15) is 0 Å². The first-order valence-electron chi connectivity index (χ1n) is 11.9. The van der Waals surface area contributed by atoms with Crippen LogP contribution in [0.1, 0.15) is 50.7 Å². The number of sulfonamides is 1. The van der Waals surface area contributed by atoms with Gasteiger partial charge in [-0.3, -0.25) is 13.9 Å². The summed E-state index contributed by atoms with van der Waals surface area (Å²) in [6, 6.07) is 13.7. The molecule has 0 saturated heterocycles. The molecule has 0 bridgehead atoms. The van der Waals surface area contributed by atoms with Crippen LogP contribution in [0.5, 0.6) is 0 Å². The number of nitrogens with one attached hydrogen (secondary N) is 1. The van der Waals surface area contributed by atoms with Crippen molar-refractivity contribution in [1.82, 2.24) is 10.2 Å². The van der Waals surface area contributed by atoms with E-state index in [1.165, 1.54) is 9.21 Å². The fraction of sp³-hybridized carbons (Fsp3) is 0.462. The molecule has 2 amide bonds. The molecule has 0 aliphatic carbocycles. The smallest absolute Gasteiger partial charge is 0.242 e. The fourth-order valence-electron chi connectivity index (χ4n) is 3.67. The number of halogens is 1. The second-order valence-electron chi connectivity index (χ2n) is 8.75. The summed E-state index contributed by atoms with van der Waals surface area (Å²) < 4.78 is 26.1. The molecule has 2 rings (SSSR count). The maximum Gasteiger partial charge on any atom is 0.242 e. The Balaban J connectivity index is 2.13. The summed E-state index contributed by atoms with van der Waals surface area (Å²) in [7, 11) is -3.52. The zero-order valence-corrected chi connectivity index (χ0v) is 22.5. The number of carbonyl (C=O) groups is 2. The Labute approximate surface area is 214 Å². The molecule has 1 N–H and O–H groups in total. The lowest BCUT2D eigenvalue weighted by Crippen LogP contribution is -2.48. The van der Waals surface area contributed by atoms with Crippen LogP contribution in [0.2, 0.25) is 5.02 Å². The number of aryl methyl sites for hydroxylation is 1. The van der Waals surface area contributed by atoms with Crippen LogP contribution < -0.4 is 9.62 Å². The summed E-state index contributed by atoms with van der Waals surface area (Å²) in [5.41, 5.74) is 2.40. The molecule has 0 radical (unpaired) electrons. The Kier molecular flexibility index (Phi) is 11.0. The Hall–Kier alpha value is -2.58. The van der Waals surface area contributed by atoms with E-state index in [4.69, 9.17) is 11.6 Å². The number of hydrogen-bond acceptors (Lipinski definition) is 4. The van der Waals surface area contributed by atoms with Gasteiger partial charge in [-0.05, 0) is 56.5 Å². The molecule has 192 valence electrons. The largest absolute Gasteiger partial charge is 0.354 e. The van der Waals surface area contributed by atoms with Crippen molar-refractivity contribution in [1.29, 1.82) is 0 Å². The SMILES string of the molecule is CCCCNC(=O)[C@H](C)N(Cc1cccc(Cl)c1)C(=O)CCCN(c1ccc(C)cc1)S(C)(=O)=O. The van der Waals surface area contributed by atoms with Crippen molar-refractivity contribution in [2.75, 3.05) is 23.7 Å². The highest BCUT2D eigenvalue weighted by Gasteiger charge is 2.26. The molecule has 35 heavy (non-hydrogen) atoms. The van der Waals surface area contributed by atoms with E-state index in [2.05, 4.69) is 5.32 Å². The summed E-state index contributed by atoms with van der Waals surface area (Å²) in [4.78, 5) is 27.5. The Morgan fingerprint density at radius 3 is 2.37 bits per heavy atom. The van der Waals surface area contributed by atoms with Crippen LogP contribution in [-0.2, 0) is 26.2 Å². The van der Waals surface area contributed by atoms with Crippen molar-refractivity contribution in [2.24, 2.45) is 0 Å². The van der Waals surface area contributed by atoms with Gasteiger partial charge in [0, 0.05) is 31.1 Å². The van der Waals surface area contributed by atoms with E-state index in [0.29, 0.717) is 23.7 Å². The molecule has 0 aliphatic heterocycles. The molecule has 7 nitrogen and oxygen atoms in total. The van der Waals surface area contributed by atoms with Crippen LogP contribution in [0.3, 0.4) is 0 Å². The average Bonchev–Trinajstić information content (AvgIpc) is 2.80. The normalized spacial score (nSPS) is 12.1. The highest BCUT2D eigenvalue weighted by Crippen LogP contribution is 2.20. The number of carbonyl (C=O) groups excluding carboxylic acids is 2. The second-order valence-corrected chi connectivity index (χ2v) is 11.1. The van der Waals surface area contributed by atoms with Gasteiger partial charge in [-0.15, -0.1) is 0 Å². The summed E-state index contributed by atoms with van der Waals surface area (Å²) in [6.45, 7) is 6.63. The first-order valence-corrected chi connectivity index (χ1v) is 14.1. The summed E-state index contributed by atoms with van der Waals surface area (Å²) in [5, 5.41) is 3.44. The number of hydrogen-bond donors (Lipinski definition) is 1. The van der Waals surface area contributed by atoms with Crippen molar-refractivity contribution >= 4 is 39.1 Å². The minimum Gasteiger partial charge on any atom is -0.354 e. The number of benzene rings is 2. The lowest BCUT2D eigenvalue weighted by atomic mass is 10.1. The van der Waals surface area contributed by atoms with Crippen LogP contribution >= 0.6 is 11.6 Å². The molecule has 9 heteroatoms. The quantitative estimate of drug-likeness (QED) is 0.392. The minimum absolute atomic E-state index is 0.102. The van der Waals surface area contributed by atoms with E-state index in [1.807, 2.05) is 32.0 Å². The number of unbranched alkanes of at least 4 members (excludes halogenated alkanes) is 1. The Morgan fingerprint density at radius 2 is 1.77 bits per heavy atom. The summed E-state index contributed by atoms with van der Waals surface area (Å²) >= 11 is 6.12. The number of nitrogens with zero attached hydrogens (tertiary/aromatic N) is 2. The molecular weight excluding hydrogens is 486 g/mol. The Bertz CT molecular complexity index is 1090.